The maximum Gasteiger partial charge on any atom is 0.229 e. The number of furan rings is 1. The number of nitrogens with zero attached hydrogens (tertiary/aromatic N) is 2. The molecule has 0 atom stereocenters. The number of benzene rings is 1. The van der Waals surface area contributed by atoms with Crippen molar-refractivity contribution in [1.29, 1.82) is 0 Å². The van der Waals surface area contributed by atoms with Crippen LogP contribution in [0.25, 0.3) is 0 Å². The van der Waals surface area contributed by atoms with Gasteiger partial charge < -0.3 is 15.1 Å². The van der Waals surface area contributed by atoms with E-state index in [-0.39, 0.29) is 0 Å². The Kier molecular flexibility index (Phi) is 3.82. The number of hydrogen-bond acceptors (Lipinski definition) is 5. The average molecular weight is 280 g/mol. The van der Waals surface area contributed by atoms with Crippen molar-refractivity contribution in [2.24, 2.45) is 0 Å². The molecule has 2 N–H and O–H groups in total. The van der Waals surface area contributed by atoms with Crippen LogP contribution in [0.2, 0.25) is 0 Å². The summed E-state index contributed by atoms with van der Waals surface area (Å²) in [5.74, 6) is 2.17. The van der Waals surface area contributed by atoms with Crippen LogP contribution in [0.4, 0.5) is 17.5 Å². The lowest BCUT2D eigenvalue weighted by Crippen LogP contribution is -2.03. The molecular weight excluding hydrogens is 264 g/mol. The minimum atomic E-state index is 0.560. The van der Waals surface area contributed by atoms with Gasteiger partial charge in [-0.2, -0.15) is 4.98 Å². The van der Waals surface area contributed by atoms with Gasteiger partial charge in [-0.25, -0.2) is 4.98 Å². The molecule has 0 aliphatic rings. The number of hydrogen-bond donors (Lipinski definition) is 2. The zero-order chi connectivity index (χ0) is 14.5. The third-order valence-corrected chi connectivity index (χ3v) is 2.95. The highest BCUT2D eigenvalue weighted by Crippen LogP contribution is 2.15. The summed E-state index contributed by atoms with van der Waals surface area (Å²) in [7, 11) is 0. The molecule has 0 radical (unpaired) electrons. The molecule has 3 rings (SSSR count). The molecule has 0 saturated carbocycles. The first-order valence-corrected chi connectivity index (χ1v) is 6.72. The molecule has 2 aromatic heterocycles. The Labute approximate surface area is 123 Å². The predicted octanol–water partition coefficient (Wildman–Crippen LogP) is 3.73. The second-order valence-corrected chi connectivity index (χ2v) is 4.69. The fraction of sp³-hybridized carbons (Fsp3) is 0.125. The van der Waals surface area contributed by atoms with Gasteiger partial charge in [0, 0.05) is 11.9 Å². The molecule has 0 fully saturated rings. The van der Waals surface area contributed by atoms with Crippen LogP contribution in [-0.4, -0.2) is 9.97 Å². The molecule has 106 valence electrons. The second-order valence-electron chi connectivity index (χ2n) is 4.69. The largest absolute Gasteiger partial charge is 0.467 e. The molecule has 0 spiro atoms. The van der Waals surface area contributed by atoms with Crippen molar-refractivity contribution in [1.82, 2.24) is 9.97 Å². The Balaban J connectivity index is 1.68. The van der Waals surface area contributed by atoms with Crippen molar-refractivity contribution >= 4 is 17.5 Å². The number of anilines is 3. The third-order valence-electron chi connectivity index (χ3n) is 2.95. The standard InChI is InChI=1S/C16H16N4O/c1-12-4-2-5-13(10-12)19-16-17-8-7-15(20-16)18-11-14-6-3-9-21-14/h2-10H,11H2,1H3,(H2,17,18,19,20). The Morgan fingerprint density at radius 2 is 2.10 bits per heavy atom. The van der Waals surface area contributed by atoms with E-state index in [4.69, 9.17) is 4.42 Å². The summed E-state index contributed by atoms with van der Waals surface area (Å²) in [6.07, 6.45) is 3.37. The lowest BCUT2D eigenvalue weighted by molar-refractivity contribution is 0.518. The normalized spacial score (nSPS) is 10.3. The van der Waals surface area contributed by atoms with Gasteiger partial charge in [0.15, 0.2) is 0 Å². The van der Waals surface area contributed by atoms with Crippen LogP contribution in [0.5, 0.6) is 0 Å². The van der Waals surface area contributed by atoms with Crippen molar-refractivity contribution in [3.05, 3.63) is 66.2 Å². The highest BCUT2D eigenvalue weighted by Gasteiger charge is 2.01. The molecule has 0 unspecified atom stereocenters. The number of aryl methyl sites for hydroxylation is 1. The molecule has 21 heavy (non-hydrogen) atoms. The smallest absolute Gasteiger partial charge is 0.229 e. The number of rotatable bonds is 5. The monoisotopic (exact) mass is 280 g/mol. The summed E-state index contributed by atoms with van der Waals surface area (Å²) >= 11 is 0. The first-order chi connectivity index (χ1) is 10.3. The van der Waals surface area contributed by atoms with Crippen molar-refractivity contribution in [2.75, 3.05) is 10.6 Å². The third kappa shape index (κ3) is 3.60. The van der Waals surface area contributed by atoms with E-state index in [0.29, 0.717) is 12.5 Å². The van der Waals surface area contributed by atoms with Gasteiger partial charge >= 0.3 is 0 Å². The van der Waals surface area contributed by atoms with Crippen LogP contribution < -0.4 is 10.6 Å². The number of aromatic nitrogens is 2. The van der Waals surface area contributed by atoms with E-state index in [2.05, 4.69) is 20.6 Å². The van der Waals surface area contributed by atoms with Crippen molar-refractivity contribution < 1.29 is 4.42 Å². The summed E-state index contributed by atoms with van der Waals surface area (Å²) in [6, 6.07) is 13.7. The fourth-order valence-corrected chi connectivity index (χ4v) is 1.96. The Morgan fingerprint density at radius 1 is 1.14 bits per heavy atom. The van der Waals surface area contributed by atoms with Gasteiger partial charge in [-0.1, -0.05) is 12.1 Å². The van der Waals surface area contributed by atoms with Crippen LogP contribution >= 0.6 is 0 Å². The maximum absolute atomic E-state index is 5.27. The van der Waals surface area contributed by atoms with E-state index in [1.54, 1.807) is 12.5 Å². The predicted molar refractivity (Wildman–Crippen MR) is 82.5 cm³/mol. The molecule has 0 saturated heterocycles. The maximum atomic E-state index is 5.27. The number of nitrogens with one attached hydrogen (secondary N) is 2. The second kappa shape index (κ2) is 6.09. The van der Waals surface area contributed by atoms with E-state index >= 15 is 0 Å². The van der Waals surface area contributed by atoms with Gasteiger partial charge in [0.05, 0.1) is 12.8 Å². The first-order valence-electron chi connectivity index (χ1n) is 6.72. The minimum Gasteiger partial charge on any atom is -0.467 e. The SMILES string of the molecule is Cc1cccc(Nc2nccc(NCc3ccco3)n2)c1. The molecule has 5 heteroatoms. The molecule has 0 aliphatic heterocycles. The van der Waals surface area contributed by atoms with Crippen LogP contribution in [0.3, 0.4) is 0 Å². The van der Waals surface area contributed by atoms with E-state index in [1.807, 2.05) is 49.4 Å². The molecule has 0 aliphatic carbocycles. The first kappa shape index (κ1) is 13.2. The van der Waals surface area contributed by atoms with Gasteiger partial charge in [0.1, 0.15) is 11.6 Å². The van der Waals surface area contributed by atoms with E-state index in [9.17, 15) is 0 Å². The van der Waals surface area contributed by atoms with Crippen LogP contribution in [0, 0.1) is 6.92 Å². The highest BCUT2D eigenvalue weighted by molar-refractivity contribution is 5.55. The van der Waals surface area contributed by atoms with Crippen LogP contribution in [0.15, 0.2) is 59.3 Å². The molecule has 1 aromatic carbocycles. The van der Waals surface area contributed by atoms with Gasteiger partial charge in [0.25, 0.3) is 0 Å². The Hall–Kier alpha value is -2.82. The molecule has 5 nitrogen and oxygen atoms in total. The van der Waals surface area contributed by atoms with E-state index < -0.39 is 0 Å². The topological polar surface area (TPSA) is 63.0 Å². The molecular formula is C16H16N4O. The van der Waals surface area contributed by atoms with Crippen molar-refractivity contribution in [3.8, 4) is 0 Å². The van der Waals surface area contributed by atoms with Gasteiger partial charge in [0.2, 0.25) is 5.95 Å². The Morgan fingerprint density at radius 3 is 2.90 bits per heavy atom. The summed E-state index contributed by atoms with van der Waals surface area (Å²) in [4.78, 5) is 8.65. The van der Waals surface area contributed by atoms with E-state index in [0.717, 1.165) is 17.3 Å². The average Bonchev–Trinajstić information content (AvgIpc) is 2.99. The summed E-state index contributed by atoms with van der Waals surface area (Å²) in [6.45, 7) is 2.64. The highest BCUT2D eigenvalue weighted by atomic mass is 16.3. The zero-order valence-electron chi connectivity index (χ0n) is 11.7. The molecule has 0 amide bonds. The fourth-order valence-electron chi connectivity index (χ4n) is 1.96. The lowest BCUT2D eigenvalue weighted by Gasteiger charge is -2.08. The van der Waals surface area contributed by atoms with Gasteiger partial charge in [-0.05, 0) is 42.8 Å². The van der Waals surface area contributed by atoms with Gasteiger partial charge in [-0.3, -0.25) is 0 Å². The van der Waals surface area contributed by atoms with Crippen molar-refractivity contribution in [2.45, 2.75) is 13.5 Å². The molecule has 3 aromatic rings. The molecule has 2 heterocycles. The van der Waals surface area contributed by atoms with Gasteiger partial charge in [-0.15, -0.1) is 0 Å². The zero-order valence-corrected chi connectivity index (χ0v) is 11.7. The van der Waals surface area contributed by atoms with Crippen LogP contribution in [0.1, 0.15) is 11.3 Å². The summed E-state index contributed by atoms with van der Waals surface area (Å²) in [5.41, 5.74) is 2.16. The quantitative estimate of drug-likeness (QED) is 0.745. The molecule has 0 bridgehead atoms. The Bertz CT molecular complexity index is 710. The minimum absolute atomic E-state index is 0.560. The van der Waals surface area contributed by atoms with Crippen molar-refractivity contribution in [3.63, 3.8) is 0 Å². The lowest BCUT2D eigenvalue weighted by atomic mass is 10.2. The summed E-state index contributed by atoms with van der Waals surface area (Å²) < 4.78 is 5.27. The van der Waals surface area contributed by atoms with Crippen LogP contribution in [-0.2, 0) is 6.54 Å². The summed E-state index contributed by atoms with van der Waals surface area (Å²) in [5, 5.41) is 6.39. The van der Waals surface area contributed by atoms with E-state index in [1.165, 1.54) is 5.56 Å².